The van der Waals surface area contributed by atoms with Gasteiger partial charge in [-0.2, -0.15) is 0 Å². The van der Waals surface area contributed by atoms with Gasteiger partial charge in [0.15, 0.2) is 5.69 Å². The van der Waals surface area contributed by atoms with Gasteiger partial charge in [0.25, 0.3) is 0 Å². The number of hydrogen-bond donors (Lipinski definition) is 1. The molecule has 0 bridgehead atoms. The lowest BCUT2D eigenvalue weighted by atomic mass is 10.1. The monoisotopic (exact) mass is 258 g/mol. The largest absolute Gasteiger partial charge is 0.455 e. The standard InChI is InChI=1S/C14H14N2O3/c15-11-7-13(14(17)19-9-5-6-18-8-9)16-12-4-2-1-3-10(11)12/h1-4,7,9H,5-6,8H2,(H2,15,16). The van der Waals surface area contributed by atoms with Crippen LogP contribution in [0.2, 0.25) is 0 Å². The summed E-state index contributed by atoms with van der Waals surface area (Å²) < 4.78 is 10.5. The van der Waals surface area contributed by atoms with Crippen molar-refractivity contribution >= 4 is 22.6 Å². The Morgan fingerprint density at radius 3 is 3.05 bits per heavy atom. The third kappa shape index (κ3) is 2.37. The number of anilines is 1. The average molecular weight is 258 g/mol. The smallest absolute Gasteiger partial charge is 0.357 e. The number of pyridine rings is 1. The number of nitrogen functional groups attached to an aromatic ring is 1. The number of nitrogens with zero attached hydrogens (tertiary/aromatic N) is 1. The van der Waals surface area contributed by atoms with Crippen molar-refractivity contribution in [2.75, 3.05) is 18.9 Å². The second-order valence-corrected chi connectivity index (χ2v) is 4.50. The predicted octanol–water partition coefficient (Wildman–Crippen LogP) is 1.76. The number of esters is 1. The lowest BCUT2D eigenvalue weighted by Gasteiger charge is -2.10. The van der Waals surface area contributed by atoms with Crippen LogP contribution in [0.15, 0.2) is 30.3 Å². The first-order valence-corrected chi connectivity index (χ1v) is 6.18. The fraction of sp³-hybridized carbons (Fsp3) is 0.286. The molecule has 0 radical (unpaired) electrons. The molecule has 5 nitrogen and oxygen atoms in total. The molecular formula is C14H14N2O3. The Balaban J connectivity index is 1.89. The van der Waals surface area contributed by atoms with Crippen molar-refractivity contribution in [3.63, 3.8) is 0 Å². The van der Waals surface area contributed by atoms with Crippen LogP contribution in [-0.4, -0.2) is 30.3 Å². The minimum atomic E-state index is -0.451. The highest BCUT2D eigenvalue weighted by molar-refractivity contribution is 5.96. The summed E-state index contributed by atoms with van der Waals surface area (Å²) in [6.07, 6.45) is 0.552. The van der Waals surface area contributed by atoms with E-state index in [-0.39, 0.29) is 11.8 Å². The van der Waals surface area contributed by atoms with Gasteiger partial charge in [-0.1, -0.05) is 18.2 Å². The molecule has 0 aliphatic carbocycles. The van der Waals surface area contributed by atoms with Crippen molar-refractivity contribution < 1.29 is 14.3 Å². The molecule has 1 fully saturated rings. The zero-order chi connectivity index (χ0) is 13.2. The van der Waals surface area contributed by atoms with Gasteiger partial charge < -0.3 is 15.2 Å². The first-order valence-electron chi connectivity index (χ1n) is 6.18. The number of ether oxygens (including phenoxy) is 2. The van der Waals surface area contributed by atoms with Crippen molar-refractivity contribution in [2.45, 2.75) is 12.5 Å². The molecule has 2 heterocycles. The van der Waals surface area contributed by atoms with Crippen LogP contribution in [0.1, 0.15) is 16.9 Å². The molecule has 1 saturated heterocycles. The van der Waals surface area contributed by atoms with E-state index in [0.717, 1.165) is 11.8 Å². The summed E-state index contributed by atoms with van der Waals surface area (Å²) in [4.78, 5) is 16.3. The maximum atomic E-state index is 12.0. The number of carbonyl (C=O) groups is 1. The Kier molecular flexibility index (Phi) is 3.05. The zero-order valence-corrected chi connectivity index (χ0v) is 10.3. The number of rotatable bonds is 2. The summed E-state index contributed by atoms with van der Waals surface area (Å²) in [7, 11) is 0. The van der Waals surface area contributed by atoms with Gasteiger partial charge in [-0.05, 0) is 12.1 Å². The van der Waals surface area contributed by atoms with Crippen LogP contribution in [0.4, 0.5) is 5.69 Å². The molecule has 1 aliphatic rings. The first-order chi connectivity index (χ1) is 9.24. The second-order valence-electron chi connectivity index (χ2n) is 4.50. The zero-order valence-electron chi connectivity index (χ0n) is 10.3. The third-order valence-electron chi connectivity index (χ3n) is 3.12. The summed E-state index contributed by atoms with van der Waals surface area (Å²) in [6.45, 7) is 1.08. The molecule has 1 aromatic heterocycles. The van der Waals surface area contributed by atoms with E-state index in [9.17, 15) is 4.79 Å². The molecular weight excluding hydrogens is 244 g/mol. The van der Waals surface area contributed by atoms with Crippen LogP contribution in [-0.2, 0) is 9.47 Å². The van der Waals surface area contributed by atoms with Crippen molar-refractivity contribution in [3.8, 4) is 0 Å². The lowest BCUT2D eigenvalue weighted by molar-refractivity contribution is 0.0264. The Labute approximate surface area is 110 Å². The van der Waals surface area contributed by atoms with Crippen molar-refractivity contribution in [1.82, 2.24) is 4.98 Å². The minimum Gasteiger partial charge on any atom is -0.455 e. The quantitative estimate of drug-likeness (QED) is 0.831. The molecule has 1 aliphatic heterocycles. The molecule has 0 spiro atoms. The number of para-hydroxylation sites is 1. The van der Waals surface area contributed by atoms with E-state index >= 15 is 0 Å². The number of nitrogens with two attached hydrogens (primary N) is 1. The Morgan fingerprint density at radius 2 is 2.26 bits per heavy atom. The highest BCUT2D eigenvalue weighted by Crippen LogP contribution is 2.21. The number of fused-ring (bicyclic) bond motifs is 1. The molecule has 2 N–H and O–H groups in total. The van der Waals surface area contributed by atoms with E-state index in [4.69, 9.17) is 15.2 Å². The fourth-order valence-electron chi connectivity index (χ4n) is 2.12. The molecule has 0 amide bonds. The van der Waals surface area contributed by atoms with E-state index in [2.05, 4.69) is 4.98 Å². The van der Waals surface area contributed by atoms with Gasteiger partial charge in [0.05, 0.1) is 18.7 Å². The lowest BCUT2D eigenvalue weighted by Crippen LogP contribution is -2.19. The second kappa shape index (κ2) is 4.85. The van der Waals surface area contributed by atoms with E-state index in [1.54, 1.807) is 6.07 Å². The number of carbonyl (C=O) groups excluding carboxylic acids is 1. The molecule has 0 saturated carbocycles. The molecule has 5 heteroatoms. The van der Waals surface area contributed by atoms with Crippen molar-refractivity contribution in [2.24, 2.45) is 0 Å². The highest BCUT2D eigenvalue weighted by Gasteiger charge is 2.22. The summed E-state index contributed by atoms with van der Waals surface area (Å²) >= 11 is 0. The molecule has 19 heavy (non-hydrogen) atoms. The van der Waals surface area contributed by atoms with Crippen LogP contribution in [0.25, 0.3) is 10.9 Å². The molecule has 1 unspecified atom stereocenters. The Hall–Kier alpha value is -2.14. The van der Waals surface area contributed by atoms with Crippen molar-refractivity contribution in [3.05, 3.63) is 36.0 Å². The fourth-order valence-corrected chi connectivity index (χ4v) is 2.12. The maximum Gasteiger partial charge on any atom is 0.357 e. The maximum absolute atomic E-state index is 12.0. The van der Waals surface area contributed by atoms with Crippen LogP contribution in [0.3, 0.4) is 0 Å². The topological polar surface area (TPSA) is 74.4 Å². The first kappa shape index (κ1) is 11.9. The predicted molar refractivity (Wildman–Crippen MR) is 70.8 cm³/mol. The number of hydrogen-bond acceptors (Lipinski definition) is 5. The molecule has 2 aromatic rings. The normalized spacial score (nSPS) is 18.6. The highest BCUT2D eigenvalue weighted by atomic mass is 16.6. The van der Waals surface area contributed by atoms with Gasteiger partial charge in [0.2, 0.25) is 0 Å². The van der Waals surface area contributed by atoms with Crippen LogP contribution >= 0.6 is 0 Å². The molecule has 1 atom stereocenters. The van der Waals surface area contributed by atoms with E-state index < -0.39 is 5.97 Å². The van der Waals surface area contributed by atoms with Gasteiger partial charge in [-0.3, -0.25) is 0 Å². The summed E-state index contributed by atoms with van der Waals surface area (Å²) in [5.74, 6) is -0.451. The molecule has 1 aromatic carbocycles. The summed E-state index contributed by atoms with van der Waals surface area (Å²) in [6, 6.07) is 8.99. The third-order valence-corrected chi connectivity index (χ3v) is 3.12. The average Bonchev–Trinajstić information content (AvgIpc) is 2.91. The molecule has 98 valence electrons. The van der Waals surface area contributed by atoms with Crippen molar-refractivity contribution in [1.29, 1.82) is 0 Å². The van der Waals surface area contributed by atoms with E-state index in [1.807, 2.05) is 24.3 Å². The van der Waals surface area contributed by atoms with Gasteiger partial charge in [-0.25, -0.2) is 9.78 Å². The summed E-state index contributed by atoms with van der Waals surface area (Å²) in [5.41, 5.74) is 7.39. The van der Waals surface area contributed by atoms with Crippen LogP contribution < -0.4 is 5.73 Å². The van der Waals surface area contributed by atoms with Crippen LogP contribution in [0.5, 0.6) is 0 Å². The molecule has 3 rings (SSSR count). The van der Waals surface area contributed by atoms with Gasteiger partial charge in [0.1, 0.15) is 6.10 Å². The van der Waals surface area contributed by atoms with Gasteiger partial charge >= 0.3 is 5.97 Å². The minimum absolute atomic E-state index is 0.179. The van der Waals surface area contributed by atoms with Gasteiger partial charge in [-0.15, -0.1) is 0 Å². The Morgan fingerprint density at radius 1 is 1.42 bits per heavy atom. The Bertz CT molecular complexity index is 621. The SMILES string of the molecule is Nc1cc(C(=O)OC2CCOC2)nc2ccccc12. The number of benzene rings is 1. The van der Waals surface area contributed by atoms with Gasteiger partial charge in [0, 0.05) is 17.5 Å². The summed E-state index contributed by atoms with van der Waals surface area (Å²) in [5, 5.41) is 0.836. The van der Waals surface area contributed by atoms with E-state index in [0.29, 0.717) is 24.4 Å². The van der Waals surface area contributed by atoms with E-state index in [1.165, 1.54) is 0 Å². The number of aromatic nitrogens is 1. The van der Waals surface area contributed by atoms with Crippen LogP contribution in [0, 0.1) is 0 Å².